The molecule has 0 spiro atoms. The molecule has 1 saturated carbocycles. The summed E-state index contributed by atoms with van der Waals surface area (Å²) in [6.45, 7) is 4.13. The quantitative estimate of drug-likeness (QED) is 0.641. The minimum Gasteiger partial charge on any atom is -0.462 e. The highest BCUT2D eigenvalue weighted by Crippen LogP contribution is 2.30. The monoisotopic (exact) mass is 225 g/mol. The van der Waals surface area contributed by atoms with E-state index in [2.05, 4.69) is 6.92 Å². The fourth-order valence-electron chi connectivity index (χ4n) is 2.55. The largest absolute Gasteiger partial charge is 0.462 e. The molecule has 0 aliphatic heterocycles. The van der Waals surface area contributed by atoms with E-state index < -0.39 is 0 Å². The van der Waals surface area contributed by atoms with Crippen LogP contribution in [0.3, 0.4) is 0 Å². The summed E-state index contributed by atoms with van der Waals surface area (Å²) in [5, 5.41) is 0. The molecule has 0 N–H and O–H groups in total. The number of esters is 1. The van der Waals surface area contributed by atoms with Crippen LogP contribution in [0.2, 0.25) is 0 Å². The van der Waals surface area contributed by atoms with Crippen molar-refractivity contribution in [2.75, 3.05) is 0 Å². The van der Waals surface area contributed by atoms with Crippen LogP contribution in [0.1, 0.15) is 65.2 Å². The van der Waals surface area contributed by atoms with Crippen LogP contribution >= 0.6 is 0 Å². The van der Waals surface area contributed by atoms with Gasteiger partial charge in [-0.3, -0.25) is 4.79 Å². The van der Waals surface area contributed by atoms with Crippen molar-refractivity contribution < 1.29 is 9.53 Å². The predicted molar refractivity (Wildman–Crippen MR) is 66.0 cm³/mol. The van der Waals surface area contributed by atoms with Crippen LogP contribution in [0, 0.1) is 12.3 Å². The Kier molecular flexibility index (Phi) is 6.51. The van der Waals surface area contributed by atoms with Gasteiger partial charge in [0.15, 0.2) is 0 Å². The van der Waals surface area contributed by atoms with Crippen LogP contribution in [0.5, 0.6) is 0 Å². The molecule has 1 unspecified atom stereocenters. The third kappa shape index (κ3) is 4.54. The first-order chi connectivity index (χ1) is 7.77. The van der Waals surface area contributed by atoms with Crippen molar-refractivity contribution in [3.8, 4) is 0 Å². The van der Waals surface area contributed by atoms with Crippen molar-refractivity contribution in [2.24, 2.45) is 5.92 Å². The van der Waals surface area contributed by atoms with Gasteiger partial charge in [0.05, 0.1) is 6.42 Å². The molecule has 0 amide bonds. The van der Waals surface area contributed by atoms with Crippen LogP contribution in [-0.2, 0) is 9.53 Å². The Morgan fingerprint density at radius 3 is 2.56 bits per heavy atom. The van der Waals surface area contributed by atoms with E-state index >= 15 is 0 Å². The van der Waals surface area contributed by atoms with Gasteiger partial charge in [0.1, 0.15) is 6.10 Å². The number of hydrogen-bond donors (Lipinski definition) is 0. The molecule has 1 aliphatic rings. The van der Waals surface area contributed by atoms with Gasteiger partial charge in [-0.15, -0.1) is 0 Å². The second-order valence-electron chi connectivity index (χ2n) is 4.77. The maximum Gasteiger partial charge on any atom is 0.310 e. The van der Waals surface area contributed by atoms with Gasteiger partial charge in [-0.1, -0.05) is 39.5 Å². The Labute approximate surface area is 99.8 Å². The third-order valence-corrected chi connectivity index (χ3v) is 3.39. The molecule has 1 fully saturated rings. The fraction of sp³-hybridized carbons (Fsp3) is 0.857. The lowest BCUT2D eigenvalue weighted by molar-refractivity contribution is -0.148. The first-order valence-electron chi connectivity index (χ1n) is 6.81. The van der Waals surface area contributed by atoms with Gasteiger partial charge in [-0.25, -0.2) is 0 Å². The Balaban J connectivity index is 2.41. The predicted octanol–water partition coefficient (Wildman–Crippen LogP) is 3.89. The van der Waals surface area contributed by atoms with Crippen LogP contribution < -0.4 is 0 Å². The van der Waals surface area contributed by atoms with Crippen molar-refractivity contribution in [3.63, 3.8) is 0 Å². The topological polar surface area (TPSA) is 26.3 Å². The minimum absolute atomic E-state index is 0.119. The van der Waals surface area contributed by atoms with Crippen molar-refractivity contribution in [1.82, 2.24) is 0 Å². The summed E-state index contributed by atoms with van der Waals surface area (Å²) >= 11 is 0. The number of carbonyl (C=O) groups is 1. The molecule has 0 aromatic heterocycles. The molecule has 16 heavy (non-hydrogen) atoms. The average molecular weight is 225 g/mol. The molecule has 0 bridgehead atoms. The molecule has 0 aromatic carbocycles. The highest BCUT2D eigenvalue weighted by molar-refractivity contribution is 5.78. The van der Waals surface area contributed by atoms with Gasteiger partial charge < -0.3 is 4.74 Å². The molecular formula is C14H25O2. The smallest absolute Gasteiger partial charge is 0.310 e. The number of rotatable bonds is 6. The summed E-state index contributed by atoms with van der Waals surface area (Å²) < 4.78 is 5.58. The zero-order chi connectivity index (χ0) is 11.8. The molecule has 93 valence electrons. The first-order valence-corrected chi connectivity index (χ1v) is 6.81. The first kappa shape index (κ1) is 13.5. The van der Waals surface area contributed by atoms with E-state index in [9.17, 15) is 4.79 Å². The van der Waals surface area contributed by atoms with E-state index in [0.717, 1.165) is 19.3 Å². The van der Waals surface area contributed by atoms with Crippen LogP contribution in [0.25, 0.3) is 0 Å². The molecule has 1 radical (unpaired) electrons. The highest BCUT2D eigenvalue weighted by atomic mass is 16.5. The normalized spacial score (nSPS) is 19.4. The molecule has 0 aromatic rings. The molecule has 0 heterocycles. The Hall–Kier alpha value is -0.530. The fourth-order valence-corrected chi connectivity index (χ4v) is 2.55. The van der Waals surface area contributed by atoms with E-state index in [0.29, 0.717) is 5.92 Å². The lowest BCUT2D eigenvalue weighted by Crippen LogP contribution is -2.28. The summed E-state index contributed by atoms with van der Waals surface area (Å²) in [6, 6.07) is 0. The van der Waals surface area contributed by atoms with Crippen LogP contribution in [0.4, 0.5) is 0 Å². The van der Waals surface area contributed by atoms with Crippen molar-refractivity contribution in [2.45, 2.75) is 71.3 Å². The summed E-state index contributed by atoms with van der Waals surface area (Å²) in [5.74, 6) is 0.495. The molecule has 0 saturated heterocycles. The molecule has 2 nitrogen and oxygen atoms in total. The van der Waals surface area contributed by atoms with Gasteiger partial charge in [0.25, 0.3) is 0 Å². The summed E-state index contributed by atoms with van der Waals surface area (Å²) in [4.78, 5) is 11.5. The summed E-state index contributed by atoms with van der Waals surface area (Å²) in [6.07, 6.45) is 11.1. The van der Waals surface area contributed by atoms with Crippen LogP contribution in [-0.4, -0.2) is 12.1 Å². The standard InChI is InChI=1S/C14H25O2/c1-3-8-13(16-14(15)9-4-2)12-10-6-5-7-11-12/h9,12-13H,3-8,10-11H2,1-2H3. The average Bonchev–Trinajstić information content (AvgIpc) is 2.30. The number of ether oxygens (including phenoxy) is 1. The van der Waals surface area contributed by atoms with E-state index in [-0.39, 0.29) is 12.1 Å². The molecule has 1 aliphatic carbocycles. The summed E-state index contributed by atoms with van der Waals surface area (Å²) in [7, 11) is 0. The second-order valence-corrected chi connectivity index (χ2v) is 4.77. The lowest BCUT2D eigenvalue weighted by atomic mass is 9.83. The Morgan fingerprint density at radius 1 is 1.31 bits per heavy atom. The Bertz CT molecular complexity index is 195. The SMILES string of the molecule is CC[CH]C(=O)OC(CCC)C1CCCCC1. The van der Waals surface area contributed by atoms with E-state index in [1.807, 2.05) is 6.92 Å². The van der Waals surface area contributed by atoms with Gasteiger partial charge in [0.2, 0.25) is 0 Å². The van der Waals surface area contributed by atoms with Crippen molar-refractivity contribution in [3.05, 3.63) is 6.42 Å². The van der Waals surface area contributed by atoms with Crippen molar-refractivity contribution in [1.29, 1.82) is 0 Å². The minimum atomic E-state index is -0.119. The molecule has 2 heteroatoms. The zero-order valence-corrected chi connectivity index (χ0v) is 10.7. The molecule has 1 rings (SSSR count). The summed E-state index contributed by atoms with van der Waals surface area (Å²) in [5.41, 5.74) is 0. The van der Waals surface area contributed by atoms with Gasteiger partial charge in [-0.2, -0.15) is 0 Å². The number of hydrogen-bond acceptors (Lipinski definition) is 2. The van der Waals surface area contributed by atoms with Crippen LogP contribution in [0.15, 0.2) is 0 Å². The molecular weight excluding hydrogens is 200 g/mol. The number of carbonyl (C=O) groups excluding carboxylic acids is 1. The Morgan fingerprint density at radius 2 is 2.00 bits per heavy atom. The van der Waals surface area contributed by atoms with E-state index in [1.165, 1.54) is 32.1 Å². The van der Waals surface area contributed by atoms with E-state index in [1.54, 1.807) is 6.42 Å². The third-order valence-electron chi connectivity index (χ3n) is 3.39. The highest BCUT2D eigenvalue weighted by Gasteiger charge is 2.25. The molecule has 1 atom stereocenters. The maximum atomic E-state index is 11.5. The van der Waals surface area contributed by atoms with E-state index in [4.69, 9.17) is 4.74 Å². The zero-order valence-electron chi connectivity index (χ0n) is 10.7. The lowest BCUT2D eigenvalue weighted by Gasteiger charge is -2.29. The van der Waals surface area contributed by atoms with Gasteiger partial charge in [-0.05, 0) is 31.6 Å². The van der Waals surface area contributed by atoms with Gasteiger partial charge >= 0.3 is 5.97 Å². The van der Waals surface area contributed by atoms with Gasteiger partial charge in [0, 0.05) is 0 Å². The maximum absolute atomic E-state index is 11.5. The second kappa shape index (κ2) is 7.70. The van der Waals surface area contributed by atoms with Crippen molar-refractivity contribution >= 4 is 5.97 Å².